The van der Waals surface area contributed by atoms with Crippen molar-refractivity contribution in [2.24, 2.45) is 0 Å². The molecule has 20 heavy (non-hydrogen) atoms. The van der Waals surface area contributed by atoms with E-state index in [0.717, 1.165) is 34.3 Å². The van der Waals surface area contributed by atoms with Crippen molar-refractivity contribution in [3.8, 4) is 16.3 Å². The van der Waals surface area contributed by atoms with Crippen molar-refractivity contribution in [1.82, 2.24) is 15.5 Å². The monoisotopic (exact) mass is 311 g/mol. The van der Waals surface area contributed by atoms with Gasteiger partial charge in [-0.05, 0) is 31.2 Å². The van der Waals surface area contributed by atoms with Crippen LogP contribution in [0.1, 0.15) is 31.3 Å². The molecular weight excluding hydrogens is 294 g/mol. The number of benzene rings is 1. The van der Waals surface area contributed by atoms with Gasteiger partial charge in [0.25, 0.3) is 0 Å². The van der Waals surface area contributed by atoms with Crippen LogP contribution in [0.5, 0.6) is 5.75 Å². The average molecular weight is 312 g/mol. The predicted molar refractivity (Wildman–Crippen MR) is 83.6 cm³/mol. The van der Waals surface area contributed by atoms with Crippen molar-refractivity contribution < 1.29 is 4.74 Å². The highest BCUT2D eigenvalue weighted by Gasteiger charge is 2.17. The quantitative estimate of drug-likeness (QED) is 0.878. The minimum atomic E-state index is 0.254. The largest absolute Gasteiger partial charge is 0.496 e. The second kappa shape index (κ2) is 7.02. The van der Waals surface area contributed by atoms with E-state index in [4.69, 9.17) is 16.3 Å². The number of nitrogens with one attached hydrogen (secondary N) is 1. The number of halogens is 1. The highest BCUT2D eigenvalue weighted by atomic mass is 35.5. The maximum absolute atomic E-state index is 5.98. The lowest BCUT2D eigenvalue weighted by Gasteiger charge is -2.11. The fraction of sp³-hybridized carbons (Fsp3) is 0.429. The normalized spacial score (nSPS) is 12.4. The molecule has 1 heterocycles. The first-order valence-corrected chi connectivity index (χ1v) is 7.79. The van der Waals surface area contributed by atoms with Crippen molar-refractivity contribution in [3.05, 3.63) is 28.2 Å². The summed E-state index contributed by atoms with van der Waals surface area (Å²) in [5.41, 5.74) is 0.923. The van der Waals surface area contributed by atoms with E-state index >= 15 is 0 Å². The molecule has 4 nitrogen and oxygen atoms in total. The Morgan fingerprint density at radius 3 is 2.80 bits per heavy atom. The fourth-order valence-corrected chi connectivity index (χ4v) is 3.17. The number of methoxy groups -OCH3 is 1. The van der Waals surface area contributed by atoms with Gasteiger partial charge in [0.1, 0.15) is 10.8 Å². The molecule has 1 unspecified atom stereocenters. The van der Waals surface area contributed by atoms with Gasteiger partial charge in [-0.2, -0.15) is 0 Å². The van der Waals surface area contributed by atoms with Gasteiger partial charge in [0.2, 0.25) is 0 Å². The van der Waals surface area contributed by atoms with Crippen LogP contribution in [-0.2, 0) is 0 Å². The molecule has 2 aromatic rings. The Morgan fingerprint density at radius 2 is 2.15 bits per heavy atom. The van der Waals surface area contributed by atoms with Crippen molar-refractivity contribution in [3.63, 3.8) is 0 Å². The van der Waals surface area contributed by atoms with Crippen molar-refractivity contribution in [2.75, 3.05) is 13.7 Å². The van der Waals surface area contributed by atoms with E-state index in [1.54, 1.807) is 24.5 Å². The molecule has 108 valence electrons. The van der Waals surface area contributed by atoms with E-state index in [-0.39, 0.29) is 6.04 Å². The fourth-order valence-electron chi connectivity index (χ4n) is 1.98. The summed E-state index contributed by atoms with van der Waals surface area (Å²) >= 11 is 7.57. The maximum Gasteiger partial charge on any atom is 0.151 e. The Balaban J connectivity index is 2.33. The smallest absolute Gasteiger partial charge is 0.151 e. The molecule has 1 aromatic heterocycles. The minimum Gasteiger partial charge on any atom is -0.496 e. The second-order valence-corrected chi connectivity index (χ2v) is 5.75. The summed E-state index contributed by atoms with van der Waals surface area (Å²) in [6.45, 7) is 5.14. The zero-order valence-electron chi connectivity index (χ0n) is 11.8. The molecule has 0 saturated heterocycles. The highest BCUT2D eigenvalue weighted by molar-refractivity contribution is 7.14. The van der Waals surface area contributed by atoms with Crippen LogP contribution in [0.15, 0.2) is 18.2 Å². The van der Waals surface area contributed by atoms with Gasteiger partial charge in [-0.15, -0.1) is 10.2 Å². The van der Waals surface area contributed by atoms with Crippen molar-refractivity contribution >= 4 is 22.9 Å². The zero-order chi connectivity index (χ0) is 14.5. The van der Waals surface area contributed by atoms with E-state index < -0.39 is 0 Å². The molecule has 0 aliphatic heterocycles. The van der Waals surface area contributed by atoms with Crippen LogP contribution in [0.2, 0.25) is 5.02 Å². The third-order valence-electron chi connectivity index (χ3n) is 2.99. The first kappa shape index (κ1) is 15.2. The van der Waals surface area contributed by atoms with Crippen molar-refractivity contribution in [2.45, 2.75) is 26.3 Å². The maximum atomic E-state index is 5.98. The predicted octanol–water partition coefficient (Wildman–Crippen LogP) is 3.93. The lowest BCUT2D eigenvalue weighted by molar-refractivity contribution is 0.416. The molecule has 0 saturated carbocycles. The summed E-state index contributed by atoms with van der Waals surface area (Å²) in [7, 11) is 1.63. The zero-order valence-corrected chi connectivity index (χ0v) is 13.4. The van der Waals surface area contributed by atoms with Crippen LogP contribution in [0, 0.1) is 0 Å². The van der Waals surface area contributed by atoms with Gasteiger partial charge in [-0.3, -0.25) is 0 Å². The molecule has 0 aliphatic rings. The van der Waals surface area contributed by atoms with Crippen LogP contribution in [0.4, 0.5) is 0 Å². The minimum absolute atomic E-state index is 0.254. The number of nitrogens with zero attached hydrogens (tertiary/aromatic N) is 2. The van der Waals surface area contributed by atoms with E-state index in [2.05, 4.69) is 29.4 Å². The Morgan fingerprint density at radius 1 is 1.35 bits per heavy atom. The molecule has 6 heteroatoms. The van der Waals surface area contributed by atoms with Crippen LogP contribution in [-0.4, -0.2) is 23.9 Å². The number of ether oxygens (including phenoxy) is 1. The molecule has 0 spiro atoms. The summed E-state index contributed by atoms with van der Waals surface area (Å²) in [5.74, 6) is 0.719. The Hall–Kier alpha value is -1.17. The molecule has 0 fully saturated rings. The summed E-state index contributed by atoms with van der Waals surface area (Å²) < 4.78 is 5.36. The highest BCUT2D eigenvalue weighted by Crippen LogP contribution is 2.35. The second-order valence-electron chi connectivity index (χ2n) is 4.31. The van der Waals surface area contributed by atoms with Gasteiger partial charge < -0.3 is 10.1 Å². The first-order valence-electron chi connectivity index (χ1n) is 6.60. The Kier molecular flexibility index (Phi) is 5.34. The number of hydrogen-bond acceptors (Lipinski definition) is 5. The van der Waals surface area contributed by atoms with Crippen molar-refractivity contribution in [1.29, 1.82) is 0 Å². The van der Waals surface area contributed by atoms with Gasteiger partial charge in [0.05, 0.1) is 18.7 Å². The molecular formula is C14H18ClN3OS. The SMILES string of the molecule is CCNC(CC)c1nnc(-c2ccc(Cl)cc2OC)s1. The molecule has 1 atom stereocenters. The van der Waals surface area contributed by atoms with Gasteiger partial charge in [-0.1, -0.05) is 36.8 Å². The van der Waals surface area contributed by atoms with Crippen LogP contribution in [0.3, 0.4) is 0 Å². The Bertz CT molecular complexity index is 573. The molecule has 0 aliphatic carbocycles. The summed E-state index contributed by atoms with van der Waals surface area (Å²) in [5, 5.41) is 14.5. The molecule has 0 radical (unpaired) electrons. The summed E-state index contributed by atoms with van der Waals surface area (Å²) in [4.78, 5) is 0. The third kappa shape index (κ3) is 3.29. The third-order valence-corrected chi connectivity index (χ3v) is 4.30. The van der Waals surface area contributed by atoms with Crippen LogP contribution in [0.25, 0.3) is 10.6 Å². The first-order chi connectivity index (χ1) is 9.69. The number of rotatable bonds is 6. The lowest BCUT2D eigenvalue weighted by atomic mass is 10.2. The molecule has 1 N–H and O–H groups in total. The van der Waals surface area contributed by atoms with Crippen LogP contribution >= 0.6 is 22.9 Å². The van der Waals surface area contributed by atoms with Crippen LogP contribution < -0.4 is 10.1 Å². The summed E-state index contributed by atoms with van der Waals surface area (Å²) in [6, 6.07) is 5.80. The molecule has 0 bridgehead atoms. The topological polar surface area (TPSA) is 47.0 Å². The standard InChI is InChI=1S/C14H18ClN3OS/c1-4-11(16-5-2)14-18-17-13(20-14)10-7-6-9(15)8-12(10)19-3/h6-8,11,16H,4-5H2,1-3H3. The Labute approximate surface area is 128 Å². The van der Waals surface area contributed by atoms with Gasteiger partial charge in [0, 0.05) is 5.02 Å². The summed E-state index contributed by atoms with van der Waals surface area (Å²) in [6.07, 6.45) is 0.986. The van der Waals surface area contributed by atoms with E-state index in [1.165, 1.54) is 0 Å². The lowest BCUT2D eigenvalue weighted by Crippen LogP contribution is -2.19. The molecule has 2 rings (SSSR count). The van der Waals surface area contributed by atoms with E-state index in [1.807, 2.05) is 12.1 Å². The molecule has 0 amide bonds. The molecule has 1 aromatic carbocycles. The number of hydrogen-bond donors (Lipinski definition) is 1. The van der Waals surface area contributed by atoms with E-state index in [0.29, 0.717) is 5.02 Å². The average Bonchev–Trinajstić information content (AvgIpc) is 2.93. The van der Waals surface area contributed by atoms with Gasteiger partial charge in [0.15, 0.2) is 5.01 Å². The van der Waals surface area contributed by atoms with Gasteiger partial charge in [-0.25, -0.2) is 0 Å². The van der Waals surface area contributed by atoms with E-state index in [9.17, 15) is 0 Å². The van der Waals surface area contributed by atoms with Gasteiger partial charge >= 0.3 is 0 Å². The number of aromatic nitrogens is 2.